The van der Waals surface area contributed by atoms with Gasteiger partial charge in [-0.25, -0.2) is 0 Å². The molecule has 0 N–H and O–H groups in total. The summed E-state index contributed by atoms with van der Waals surface area (Å²) in [5, 5.41) is 2.18. The van der Waals surface area contributed by atoms with E-state index >= 15 is 0 Å². The van der Waals surface area contributed by atoms with Gasteiger partial charge in [-0.2, -0.15) is 0 Å². The van der Waals surface area contributed by atoms with Gasteiger partial charge in [0.1, 0.15) is 0 Å². The summed E-state index contributed by atoms with van der Waals surface area (Å²) >= 11 is 1.83. The van der Waals surface area contributed by atoms with Crippen molar-refractivity contribution in [3.05, 3.63) is 52.2 Å². The highest BCUT2D eigenvalue weighted by Gasteiger charge is 2.32. The molecule has 1 unspecified atom stereocenters. The molecular formula is C21H27N3OS. The van der Waals surface area contributed by atoms with Crippen molar-refractivity contribution in [2.75, 3.05) is 37.6 Å². The van der Waals surface area contributed by atoms with E-state index < -0.39 is 0 Å². The van der Waals surface area contributed by atoms with Gasteiger partial charge in [-0.15, -0.1) is 11.3 Å². The Kier molecular flexibility index (Phi) is 5.27. The summed E-state index contributed by atoms with van der Waals surface area (Å²) in [4.78, 5) is 21.5. The van der Waals surface area contributed by atoms with E-state index in [-0.39, 0.29) is 6.04 Å². The monoisotopic (exact) mass is 369 g/mol. The van der Waals surface area contributed by atoms with Crippen LogP contribution in [0.3, 0.4) is 0 Å². The normalized spacial score (nSPS) is 19.3. The Morgan fingerprint density at radius 2 is 1.85 bits per heavy atom. The van der Waals surface area contributed by atoms with Gasteiger partial charge in [0.25, 0.3) is 0 Å². The molecule has 0 aliphatic carbocycles. The molecule has 138 valence electrons. The highest BCUT2D eigenvalue weighted by Crippen LogP contribution is 2.27. The molecule has 5 heteroatoms. The second kappa shape index (κ2) is 7.80. The third-order valence-corrected chi connectivity index (χ3v) is 6.63. The maximum atomic E-state index is 13.2. The Labute approximate surface area is 160 Å². The molecule has 1 aromatic heterocycles. The lowest BCUT2D eigenvalue weighted by Crippen LogP contribution is -2.55. The van der Waals surface area contributed by atoms with Crippen LogP contribution in [0.1, 0.15) is 23.8 Å². The maximum Gasteiger partial charge on any atom is 0.240 e. The van der Waals surface area contributed by atoms with Crippen LogP contribution < -0.4 is 4.90 Å². The Morgan fingerprint density at radius 1 is 1.08 bits per heavy atom. The van der Waals surface area contributed by atoms with Crippen molar-refractivity contribution in [2.24, 2.45) is 0 Å². The fourth-order valence-corrected chi connectivity index (χ4v) is 5.10. The minimum Gasteiger partial charge on any atom is -0.368 e. The van der Waals surface area contributed by atoms with Crippen LogP contribution in [0.4, 0.5) is 5.69 Å². The zero-order valence-corrected chi connectivity index (χ0v) is 16.3. The van der Waals surface area contributed by atoms with Gasteiger partial charge < -0.3 is 9.80 Å². The SMILES string of the molecule is CCC(C(=O)N1CCN(c2ccccc2)CC1)N1CCc2ccsc2C1. The van der Waals surface area contributed by atoms with E-state index in [1.165, 1.54) is 16.1 Å². The van der Waals surface area contributed by atoms with Crippen molar-refractivity contribution in [1.29, 1.82) is 0 Å². The number of hydrogen-bond acceptors (Lipinski definition) is 4. The molecule has 3 heterocycles. The number of hydrogen-bond donors (Lipinski definition) is 0. The topological polar surface area (TPSA) is 26.8 Å². The minimum absolute atomic E-state index is 0.0218. The fraction of sp³-hybridized carbons (Fsp3) is 0.476. The summed E-state index contributed by atoms with van der Waals surface area (Å²) in [7, 11) is 0. The van der Waals surface area contributed by atoms with E-state index in [4.69, 9.17) is 0 Å². The Hall–Kier alpha value is -1.85. The zero-order chi connectivity index (χ0) is 17.9. The lowest BCUT2D eigenvalue weighted by Gasteiger charge is -2.40. The van der Waals surface area contributed by atoms with Gasteiger partial charge in [-0.3, -0.25) is 9.69 Å². The highest BCUT2D eigenvalue weighted by atomic mass is 32.1. The fourth-order valence-electron chi connectivity index (χ4n) is 4.15. The van der Waals surface area contributed by atoms with Crippen LogP contribution >= 0.6 is 11.3 Å². The van der Waals surface area contributed by atoms with Crippen molar-refractivity contribution >= 4 is 22.9 Å². The van der Waals surface area contributed by atoms with Crippen molar-refractivity contribution in [3.63, 3.8) is 0 Å². The number of nitrogens with zero attached hydrogens (tertiary/aromatic N) is 3. The van der Waals surface area contributed by atoms with Gasteiger partial charge >= 0.3 is 0 Å². The quantitative estimate of drug-likeness (QED) is 0.828. The summed E-state index contributed by atoms with van der Waals surface area (Å²) in [6.45, 7) is 7.55. The third kappa shape index (κ3) is 3.51. The van der Waals surface area contributed by atoms with Crippen molar-refractivity contribution < 1.29 is 4.79 Å². The lowest BCUT2D eigenvalue weighted by molar-refractivity contribution is -0.137. The number of thiophene rings is 1. The minimum atomic E-state index is 0.0218. The van der Waals surface area contributed by atoms with Crippen LogP contribution in [0.15, 0.2) is 41.8 Å². The van der Waals surface area contributed by atoms with Crippen LogP contribution in [0.5, 0.6) is 0 Å². The molecule has 1 amide bonds. The molecule has 1 saturated heterocycles. The van der Waals surface area contributed by atoms with Gasteiger partial charge in [0.15, 0.2) is 0 Å². The molecule has 0 bridgehead atoms. The molecule has 2 aromatic rings. The first-order valence-electron chi connectivity index (χ1n) is 9.64. The second-order valence-electron chi connectivity index (χ2n) is 7.16. The van der Waals surface area contributed by atoms with Crippen LogP contribution in [0.25, 0.3) is 0 Å². The Morgan fingerprint density at radius 3 is 2.58 bits per heavy atom. The van der Waals surface area contributed by atoms with Gasteiger partial charge in [0, 0.05) is 49.8 Å². The molecule has 1 atom stereocenters. The summed E-state index contributed by atoms with van der Waals surface area (Å²) in [6, 6.07) is 12.8. The molecule has 0 saturated carbocycles. The largest absolute Gasteiger partial charge is 0.368 e. The average molecular weight is 370 g/mol. The number of para-hydroxylation sites is 1. The smallest absolute Gasteiger partial charge is 0.240 e. The standard InChI is InChI=1S/C21H27N3OS/c1-2-19(24-10-8-17-9-15-26-20(17)16-24)21(25)23-13-11-22(12-14-23)18-6-4-3-5-7-18/h3-7,9,15,19H,2,8,10-14,16H2,1H3. The van der Waals surface area contributed by atoms with E-state index in [0.29, 0.717) is 5.91 Å². The summed E-state index contributed by atoms with van der Waals surface area (Å²) in [6.07, 6.45) is 1.96. The predicted molar refractivity (Wildman–Crippen MR) is 108 cm³/mol. The van der Waals surface area contributed by atoms with Crippen LogP contribution in [-0.4, -0.2) is 54.5 Å². The highest BCUT2D eigenvalue weighted by molar-refractivity contribution is 7.10. The molecule has 2 aliphatic rings. The van der Waals surface area contributed by atoms with Crippen LogP contribution in [0, 0.1) is 0 Å². The van der Waals surface area contributed by atoms with Crippen LogP contribution in [0.2, 0.25) is 0 Å². The number of carbonyl (C=O) groups is 1. The number of anilines is 1. The summed E-state index contributed by atoms with van der Waals surface area (Å²) in [5.41, 5.74) is 2.73. The molecular weight excluding hydrogens is 342 g/mol. The molecule has 4 nitrogen and oxygen atoms in total. The molecule has 2 aliphatic heterocycles. The van der Waals surface area contributed by atoms with Gasteiger partial charge in [0.05, 0.1) is 6.04 Å². The predicted octanol–water partition coefficient (Wildman–Crippen LogP) is 3.23. The maximum absolute atomic E-state index is 13.2. The van der Waals surface area contributed by atoms with Crippen molar-refractivity contribution in [1.82, 2.24) is 9.80 Å². The molecule has 26 heavy (non-hydrogen) atoms. The number of rotatable bonds is 4. The second-order valence-corrected chi connectivity index (χ2v) is 8.16. The molecule has 1 fully saturated rings. The number of benzene rings is 1. The summed E-state index contributed by atoms with van der Waals surface area (Å²) in [5.74, 6) is 0.320. The Bertz CT molecular complexity index is 737. The number of carbonyl (C=O) groups excluding carboxylic acids is 1. The third-order valence-electron chi connectivity index (χ3n) is 5.68. The molecule has 4 rings (SSSR count). The van der Waals surface area contributed by atoms with E-state index in [0.717, 1.165) is 52.1 Å². The van der Waals surface area contributed by atoms with Gasteiger partial charge in [-0.1, -0.05) is 25.1 Å². The zero-order valence-electron chi connectivity index (χ0n) is 15.4. The first kappa shape index (κ1) is 17.6. The van der Waals surface area contributed by atoms with E-state index in [2.05, 4.69) is 57.3 Å². The van der Waals surface area contributed by atoms with Crippen LogP contribution in [-0.2, 0) is 17.8 Å². The lowest BCUT2D eigenvalue weighted by atomic mass is 10.0. The molecule has 1 aromatic carbocycles. The van der Waals surface area contributed by atoms with Crippen molar-refractivity contribution in [3.8, 4) is 0 Å². The number of piperazine rings is 1. The summed E-state index contributed by atoms with van der Waals surface area (Å²) < 4.78 is 0. The number of fused-ring (bicyclic) bond motifs is 1. The first-order valence-corrected chi connectivity index (χ1v) is 10.5. The van der Waals surface area contributed by atoms with Crippen molar-refractivity contribution in [2.45, 2.75) is 32.4 Å². The average Bonchev–Trinajstić information content (AvgIpc) is 3.17. The number of amides is 1. The Balaban J connectivity index is 1.38. The van der Waals surface area contributed by atoms with Gasteiger partial charge in [-0.05, 0) is 42.0 Å². The van der Waals surface area contributed by atoms with Gasteiger partial charge in [0.2, 0.25) is 5.91 Å². The van der Waals surface area contributed by atoms with E-state index in [1.807, 2.05) is 17.4 Å². The molecule has 0 spiro atoms. The van der Waals surface area contributed by atoms with E-state index in [1.54, 1.807) is 0 Å². The van der Waals surface area contributed by atoms with E-state index in [9.17, 15) is 4.79 Å². The first-order chi connectivity index (χ1) is 12.8. The molecule has 0 radical (unpaired) electrons.